The van der Waals surface area contributed by atoms with E-state index in [0.29, 0.717) is 6.42 Å². The average Bonchev–Trinajstić information content (AvgIpc) is 3.38. The molecule has 1 aromatic heterocycles. The molecule has 6 heteroatoms. The Bertz CT molecular complexity index is 1160. The number of piperazine rings is 1. The number of aromatic nitrogens is 1. The zero-order valence-corrected chi connectivity index (χ0v) is 20.4. The van der Waals surface area contributed by atoms with Gasteiger partial charge in [0, 0.05) is 49.8 Å². The van der Waals surface area contributed by atoms with Crippen LogP contribution >= 0.6 is 0 Å². The Morgan fingerprint density at radius 1 is 0.943 bits per heavy atom. The van der Waals surface area contributed by atoms with Gasteiger partial charge in [0.1, 0.15) is 6.61 Å². The molecule has 0 saturated carbocycles. The topological polar surface area (TPSA) is 65.8 Å². The van der Waals surface area contributed by atoms with E-state index in [1.807, 2.05) is 53.7 Å². The summed E-state index contributed by atoms with van der Waals surface area (Å²) in [5.41, 5.74) is 4.20. The predicted molar refractivity (Wildman–Crippen MR) is 138 cm³/mol. The minimum Gasteiger partial charge on any atom is -0.388 e. The highest BCUT2D eigenvalue weighted by atomic mass is 16.3. The van der Waals surface area contributed by atoms with Gasteiger partial charge in [0.15, 0.2) is 5.78 Å². The summed E-state index contributed by atoms with van der Waals surface area (Å²) in [4.78, 5) is 29.0. The van der Waals surface area contributed by atoms with Crippen molar-refractivity contribution >= 4 is 17.8 Å². The smallest absolute Gasteiger partial charge is 0.227 e. The van der Waals surface area contributed by atoms with Crippen molar-refractivity contribution in [1.82, 2.24) is 14.4 Å². The van der Waals surface area contributed by atoms with Crippen molar-refractivity contribution in [1.29, 1.82) is 0 Å². The molecule has 4 rings (SSSR count). The summed E-state index contributed by atoms with van der Waals surface area (Å²) >= 11 is 0. The van der Waals surface area contributed by atoms with Crippen LogP contribution in [0, 0.1) is 0 Å². The van der Waals surface area contributed by atoms with E-state index in [2.05, 4.69) is 47.6 Å². The number of ketones is 1. The lowest BCUT2D eigenvalue weighted by molar-refractivity contribution is -0.138. The van der Waals surface area contributed by atoms with Crippen molar-refractivity contribution in [3.8, 4) is 5.69 Å². The zero-order chi connectivity index (χ0) is 24.8. The third-order valence-electron chi connectivity index (χ3n) is 6.45. The molecule has 3 aromatic rings. The Labute approximate surface area is 207 Å². The number of hydrogen-bond donors (Lipinski definition) is 1. The quantitative estimate of drug-likeness (QED) is 0.509. The van der Waals surface area contributed by atoms with Gasteiger partial charge in [-0.25, -0.2) is 0 Å². The molecule has 1 N–H and O–H groups in total. The van der Waals surface area contributed by atoms with E-state index < -0.39 is 6.61 Å². The lowest BCUT2D eigenvalue weighted by Crippen LogP contribution is -2.58. The molecule has 1 aliphatic rings. The van der Waals surface area contributed by atoms with Crippen LogP contribution in [-0.4, -0.2) is 62.9 Å². The molecular weight excluding hydrogens is 438 g/mol. The molecule has 1 fully saturated rings. The van der Waals surface area contributed by atoms with E-state index in [9.17, 15) is 9.59 Å². The lowest BCUT2D eigenvalue weighted by atomic mass is 10.0. The number of aliphatic hydroxyl groups excluding tert-OH is 1. The fourth-order valence-corrected chi connectivity index (χ4v) is 4.89. The van der Waals surface area contributed by atoms with Gasteiger partial charge < -0.3 is 14.6 Å². The highest BCUT2D eigenvalue weighted by Gasteiger charge is 2.32. The first-order valence-corrected chi connectivity index (χ1v) is 12.1. The summed E-state index contributed by atoms with van der Waals surface area (Å²) in [6, 6.07) is 20.5. The summed E-state index contributed by atoms with van der Waals surface area (Å²) < 4.78 is 2.05. The van der Waals surface area contributed by atoms with Gasteiger partial charge in [0.2, 0.25) is 5.91 Å². The van der Waals surface area contributed by atoms with Crippen molar-refractivity contribution in [2.45, 2.75) is 38.9 Å². The van der Waals surface area contributed by atoms with Crippen molar-refractivity contribution in [2.24, 2.45) is 0 Å². The Hall–Kier alpha value is -3.48. The van der Waals surface area contributed by atoms with Crippen molar-refractivity contribution < 1.29 is 14.7 Å². The van der Waals surface area contributed by atoms with Crippen molar-refractivity contribution in [2.75, 3.05) is 19.7 Å². The second-order valence-corrected chi connectivity index (χ2v) is 9.33. The Morgan fingerprint density at radius 3 is 2.29 bits per heavy atom. The fourth-order valence-electron chi connectivity index (χ4n) is 4.89. The SMILES string of the molecule is C[C@@H]1CN(Cc2ccc(/C=C/C(=O)CO)cc2)C[C@H](C)N1C(=O)Cc1cccc(-n2cccc2)c1. The minimum atomic E-state index is -0.473. The van der Waals surface area contributed by atoms with Gasteiger partial charge in [-0.2, -0.15) is 0 Å². The number of benzene rings is 2. The molecule has 1 aliphatic heterocycles. The monoisotopic (exact) mass is 471 g/mol. The van der Waals surface area contributed by atoms with E-state index in [4.69, 9.17) is 5.11 Å². The second kappa shape index (κ2) is 11.3. The average molecular weight is 472 g/mol. The van der Waals surface area contributed by atoms with Crippen LogP contribution in [0.1, 0.15) is 30.5 Å². The maximum atomic E-state index is 13.3. The van der Waals surface area contributed by atoms with Crippen LogP contribution in [0.2, 0.25) is 0 Å². The fraction of sp³-hybridized carbons (Fsp3) is 0.310. The van der Waals surface area contributed by atoms with E-state index in [1.54, 1.807) is 6.08 Å². The summed E-state index contributed by atoms with van der Waals surface area (Å²) in [7, 11) is 0. The Balaban J connectivity index is 1.34. The van der Waals surface area contributed by atoms with Gasteiger partial charge in [-0.3, -0.25) is 14.5 Å². The van der Waals surface area contributed by atoms with Gasteiger partial charge in [0.25, 0.3) is 0 Å². The Kier molecular flexibility index (Phi) is 7.95. The van der Waals surface area contributed by atoms with Crippen LogP contribution in [0.25, 0.3) is 11.8 Å². The summed E-state index contributed by atoms with van der Waals surface area (Å²) in [6.45, 7) is 6.25. The van der Waals surface area contributed by atoms with Gasteiger partial charge in [-0.1, -0.05) is 42.5 Å². The number of amides is 1. The number of carbonyl (C=O) groups is 2. The normalized spacial score (nSPS) is 18.8. The number of aliphatic hydroxyl groups is 1. The molecule has 0 radical (unpaired) electrons. The largest absolute Gasteiger partial charge is 0.388 e. The van der Waals surface area contributed by atoms with Crippen molar-refractivity contribution in [3.05, 3.63) is 95.8 Å². The first-order chi connectivity index (χ1) is 16.9. The molecule has 1 saturated heterocycles. The van der Waals surface area contributed by atoms with Gasteiger partial charge in [0.05, 0.1) is 6.42 Å². The summed E-state index contributed by atoms with van der Waals surface area (Å²) in [5, 5.41) is 8.82. The van der Waals surface area contributed by atoms with Crippen LogP contribution in [0.5, 0.6) is 0 Å². The minimum absolute atomic E-state index is 0.130. The van der Waals surface area contributed by atoms with Crippen LogP contribution in [0.15, 0.2) is 79.1 Å². The van der Waals surface area contributed by atoms with E-state index in [0.717, 1.165) is 36.4 Å². The molecule has 2 atom stereocenters. The molecule has 0 spiro atoms. The van der Waals surface area contributed by atoms with E-state index >= 15 is 0 Å². The molecule has 2 aromatic carbocycles. The molecule has 6 nitrogen and oxygen atoms in total. The maximum absolute atomic E-state index is 13.3. The molecule has 0 unspecified atom stereocenters. The van der Waals surface area contributed by atoms with Gasteiger partial charge in [-0.15, -0.1) is 0 Å². The standard InChI is InChI=1S/C29H33N3O3/c1-22-18-30(20-25-10-8-24(9-11-25)12-13-28(34)21-33)19-23(2)32(22)29(35)17-26-6-5-7-27(16-26)31-14-3-4-15-31/h3-16,22-23,33H,17-21H2,1-2H3/b13-12+/t22-,23+. The summed E-state index contributed by atoms with van der Waals surface area (Å²) in [5.74, 6) is -0.138. The number of nitrogens with zero attached hydrogens (tertiary/aromatic N) is 3. The van der Waals surface area contributed by atoms with E-state index in [1.165, 1.54) is 11.6 Å². The highest BCUT2D eigenvalue weighted by Crippen LogP contribution is 2.21. The summed E-state index contributed by atoms with van der Waals surface area (Å²) in [6.07, 6.45) is 7.52. The molecule has 2 heterocycles. The van der Waals surface area contributed by atoms with Gasteiger partial charge >= 0.3 is 0 Å². The molecular formula is C29H33N3O3. The Morgan fingerprint density at radius 2 is 1.63 bits per heavy atom. The van der Waals surface area contributed by atoms with Gasteiger partial charge in [-0.05, 0) is 60.9 Å². The molecule has 0 bridgehead atoms. The predicted octanol–water partition coefficient (Wildman–Crippen LogP) is 3.72. The molecule has 182 valence electrons. The number of hydrogen-bond acceptors (Lipinski definition) is 4. The zero-order valence-electron chi connectivity index (χ0n) is 20.4. The third-order valence-corrected chi connectivity index (χ3v) is 6.45. The van der Waals surface area contributed by atoms with Crippen LogP contribution < -0.4 is 0 Å². The van der Waals surface area contributed by atoms with Crippen LogP contribution in [-0.2, 0) is 22.6 Å². The third kappa shape index (κ3) is 6.35. The van der Waals surface area contributed by atoms with Crippen LogP contribution in [0.4, 0.5) is 0 Å². The first-order valence-electron chi connectivity index (χ1n) is 12.1. The number of rotatable bonds is 8. The lowest BCUT2D eigenvalue weighted by Gasteiger charge is -2.44. The highest BCUT2D eigenvalue weighted by molar-refractivity contribution is 5.94. The molecule has 0 aliphatic carbocycles. The molecule has 1 amide bonds. The maximum Gasteiger partial charge on any atom is 0.227 e. The number of carbonyl (C=O) groups excluding carboxylic acids is 2. The molecule has 35 heavy (non-hydrogen) atoms. The van der Waals surface area contributed by atoms with E-state index in [-0.39, 0.29) is 23.8 Å². The van der Waals surface area contributed by atoms with Crippen LogP contribution in [0.3, 0.4) is 0 Å². The first kappa shape index (κ1) is 24.6. The van der Waals surface area contributed by atoms with Crippen molar-refractivity contribution in [3.63, 3.8) is 0 Å². The second-order valence-electron chi connectivity index (χ2n) is 9.33.